The zero-order valence-corrected chi connectivity index (χ0v) is 32.0. The van der Waals surface area contributed by atoms with Crippen molar-refractivity contribution in [2.24, 2.45) is 0 Å². The van der Waals surface area contributed by atoms with Crippen LogP contribution in [-0.4, -0.2) is 70.7 Å². The van der Waals surface area contributed by atoms with Crippen LogP contribution in [0.25, 0.3) is 21.8 Å². The Bertz CT molecular complexity index is 2140. The zero-order chi connectivity index (χ0) is 38.5. The van der Waals surface area contributed by atoms with Crippen LogP contribution in [-0.2, 0) is 36.8 Å². The van der Waals surface area contributed by atoms with Crippen LogP contribution in [0, 0.1) is 0 Å². The first-order chi connectivity index (χ1) is 25.6. The Morgan fingerprint density at radius 1 is 0.611 bits per heavy atom. The molecular weight excluding hydrogens is 677 g/mol. The largest absolute Gasteiger partial charge is 0.388 e. The van der Waals surface area contributed by atoms with Gasteiger partial charge in [0.05, 0.1) is 23.1 Å². The number of aromatic amines is 2. The van der Waals surface area contributed by atoms with Crippen LogP contribution in [0.4, 0.5) is 16.4 Å². The highest BCUT2D eigenvalue weighted by Crippen LogP contribution is 2.33. The molecule has 54 heavy (non-hydrogen) atoms. The normalized spacial score (nSPS) is 19.9. The number of hydrogen-bond donors (Lipinski definition) is 6. The van der Waals surface area contributed by atoms with Crippen molar-refractivity contribution >= 4 is 39.5 Å². The quantitative estimate of drug-likeness (QED) is 0.103. The summed E-state index contributed by atoms with van der Waals surface area (Å²) in [6, 6.07) is 26.3. The van der Waals surface area contributed by atoms with Crippen LogP contribution < -0.4 is 11.5 Å². The van der Waals surface area contributed by atoms with E-state index in [0.717, 1.165) is 55.2 Å². The number of H-pyrrole nitrogens is 2. The highest BCUT2D eigenvalue weighted by Gasteiger charge is 2.46. The van der Waals surface area contributed by atoms with Crippen LogP contribution in [0.5, 0.6) is 0 Å². The smallest absolute Gasteiger partial charge is 0.321 e. The van der Waals surface area contributed by atoms with Crippen LogP contribution in [0.15, 0.2) is 84.9 Å². The molecule has 6 aromatic rings. The van der Waals surface area contributed by atoms with Gasteiger partial charge in [0, 0.05) is 23.9 Å². The van der Waals surface area contributed by atoms with Gasteiger partial charge in [0.2, 0.25) is 0 Å². The maximum atomic E-state index is 15.4. The number of benzene rings is 4. The lowest BCUT2D eigenvalue weighted by Gasteiger charge is -2.36. The summed E-state index contributed by atoms with van der Waals surface area (Å²) in [5.74, 6) is 0.737. The van der Waals surface area contributed by atoms with E-state index in [4.69, 9.17) is 11.5 Å². The van der Waals surface area contributed by atoms with E-state index < -0.39 is 24.3 Å². The Balaban J connectivity index is 1.35. The van der Waals surface area contributed by atoms with Crippen LogP contribution >= 0.6 is 0 Å². The predicted octanol–water partition coefficient (Wildman–Crippen LogP) is 6.58. The third-order valence-corrected chi connectivity index (χ3v) is 10.9. The fourth-order valence-corrected chi connectivity index (χ4v) is 7.67. The lowest BCUT2D eigenvalue weighted by atomic mass is 9.84. The second kappa shape index (κ2) is 14.1. The summed E-state index contributed by atoms with van der Waals surface area (Å²) in [5, 5.41) is 40.5. The Labute approximate surface area is 316 Å². The number of aliphatic hydroxyl groups is 2. The van der Waals surface area contributed by atoms with E-state index in [0.29, 0.717) is 24.5 Å². The molecule has 1 fully saturated rings. The van der Waals surface area contributed by atoms with Crippen LogP contribution in [0.3, 0.4) is 0 Å². The van der Waals surface area contributed by atoms with Crippen LogP contribution in [0.1, 0.15) is 74.9 Å². The predicted molar refractivity (Wildman–Crippen MR) is 215 cm³/mol. The van der Waals surface area contributed by atoms with Gasteiger partial charge in [-0.2, -0.15) is 10.2 Å². The molecule has 282 valence electrons. The van der Waals surface area contributed by atoms with E-state index in [1.807, 2.05) is 60.7 Å². The Morgan fingerprint density at radius 2 is 1.02 bits per heavy atom. The Kier molecular flexibility index (Phi) is 9.66. The topological polar surface area (TPSA) is 173 Å². The zero-order valence-electron chi connectivity index (χ0n) is 32.0. The van der Waals surface area contributed by atoms with E-state index in [1.165, 1.54) is 0 Å². The minimum Gasteiger partial charge on any atom is -0.388 e. The molecule has 0 spiro atoms. The molecule has 0 saturated carbocycles. The van der Waals surface area contributed by atoms with Gasteiger partial charge in [-0.05, 0) is 81.3 Å². The molecule has 1 aliphatic heterocycles. The molecule has 8 N–H and O–H groups in total. The molecule has 7 rings (SSSR count). The van der Waals surface area contributed by atoms with Crippen molar-refractivity contribution in [3.8, 4) is 0 Å². The molecule has 3 heterocycles. The number of amides is 2. The molecule has 4 aromatic carbocycles. The van der Waals surface area contributed by atoms with Gasteiger partial charge in [-0.15, -0.1) is 0 Å². The molecule has 0 bridgehead atoms. The molecule has 0 unspecified atom stereocenters. The van der Waals surface area contributed by atoms with Crippen molar-refractivity contribution in [2.45, 2.75) is 103 Å². The van der Waals surface area contributed by atoms with Crippen molar-refractivity contribution in [1.29, 1.82) is 0 Å². The molecular formula is C43H52N8O3. The number of nitrogens with one attached hydrogen (secondary N) is 2. The molecule has 1 saturated heterocycles. The number of nitrogen functional groups attached to an aromatic ring is 2. The Morgan fingerprint density at radius 3 is 1.41 bits per heavy atom. The number of rotatable bonds is 8. The van der Waals surface area contributed by atoms with Crippen molar-refractivity contribution in [3.05, 3.63) is 118 Å². The fourth-order valence-electron chi connectivity index (χ4n) is 7.67. The minimum absolute atomic E-state index is 0.101. The maximum absolute atomic E-state index is 15.4. The molecule has 0 aliphatic carbocycles. The van der Waals surface area contributed by atoms with Gasteiger partial charge in [0.25, 0.3) is 0 Å². The minimum atomic E-state index is -1.28. The highest BCUT2D eigenvalue weighted by atomic mass is 16.3. The van der Waals surface area contributed by atoms with Gasteiger partial charge in [0.15, 0.2) is 11.6 Å². The number of nitrogens with zero attached hydrogens (tertiary/aromatic N) is 4. The number of aliphatic hydroxyl groups excluding tert-OH is 2. The van der Waals surface area contributed by atoms with Crippen molar-refractivity contribution in [2.75, 3.05) is 11.5 Å². The summed E-state index contributed by atoms with van der Waals surface area (Å²) in [4.78, 5) is 18.9. The third kappa shape index (κ3) is 7.38. The molecule has 2 aromatic heterocycles. The standard InChI is InChI=1S/C43H52N8O3/c1-42(2,3)29-11-7-9-25(17-29)21-35-37(52)38(53)36(22-26-10-8-12-30(18-26)43(4,5)6)51(24-28-14-16-34-32(20-28)40(45)49-47-34)41(54)50(35)23-27-13-15-33-31(19-27)39(44)48-46-33/h7-20,35-38,52-53H,21-24H2,1-6H3,(H3,44,46,48)(H3,45,47,49)/t35-,36-,37+,38+/m1/s1. The first kappa shape index (κ1) is 36.9. The number of hydrogen-bond acceptors (Lipinski definition) is 7. The van der Waals surface area contributed by atoms with Gasteiger partial charge in [-0.1, -0.05) is 102 Å². The first-order valence-corrected chi connectivity index (χ1v) is 18.6. The average Bonchev–Trinajstić information content (AvgIpc) is 3.69. The molecule has 4 atom stereocenters. The monoisotopic (exact) mass is 728 g/mol. The summed E-state index contributed by atoms with van der Waals surface area (Å²) < 4.78 is 0. The highest BCUT2D eigenvalue weighted by molar-refractivity contribution is 5.90. The first-order valence-electron chi connectivity index (χ1n) is 18.6. The van der Waals surface area contributed by atoms with Gasteiger partial charge in [0.1, 0.15) is 12.2 Å². The number of anilines is 2. The molecule has 1 aliphatic rings. The number of aromatic nitrogens is 4. The number of carbonyl (C=O) groups excluding carboxylic acids is 1. The SMILES string of the molecule is CC(C)(C)c1cccc(C[C@@H]2[C@H](O)[C@@H](O)[C@@H](Cc3cccc(C(C)(C)C)c3)N(Cc3ccc4[nH]nc(N)c4c3)C(=O)N2Cc2ccc3[nH]nc(N)c3c2)c1. The number of nitrogens with two attached hydrogens (primary N) is 2. The Hall–Kier alpha value is -5.39. The molecule has 11 nitrogen and oxygen atoms in total. The lowest BCUT2D eigenvalue weighted by molar-refractivity contribution is -0.0408. The fraction of sp³-hybridized carbons (Fsp3) is 0.372. The van der Waals surface area contributed by atoms with E-state index in [2.05, 4.69) is 86.2 Å². The van der Waals surface area contributed by atoms with Gasteiger partial charge in [-0.3, -0.25) is 10.2 Å². The summed E-state index contributed by atoms with van der Waals surface area (Å²) in [6.07, 6.45) is -1.88. The van der Waals surface area contributed by atoms with E-state index >= 15 is 4.79 Å². The maximum Gasteiger partial charge on any atom is 0.321 e. The van der Waals surface area contributed by atoms with E-state index in [1.54, 1.807) is 9.80 Å². The van der Waals surface area contributed by atoms with Crippen molar-refractivity contribution < 1.29 is 15.0 Å². The molecule has 11 heteroatoms. The van der Waals surface area contributed by atoms with Crippen LogP contribution in [0.2, 0.25) is 0 Å². The third-order valence-electron chi connectivity index (χ3n) is 10.9. The lowest BCUT2D eigenvalue weighted by Crippen LogP contribution is -2.50. The summed E-state index contributed by atoms with van der Waals surface area (Å²) in [6.45, 7) is 13.3. The van der Waals surface area contributed by atoms with Gasteiger partial charge >= 0.3 is 6.03 Å². The van der Waals surface area contributed by atoms with Gasteiger partial charge in [-0.25, -0.2) is 4.79 Å². The second-order valence-electron chi connectivity index (χ2n) is 16.9. The summed E-state index contributed by atoms with van der Waals surface area (Å²) in [5.41, 5.74) is 19.7. The average molecular weight is 729 g/mol. The number of fused-ring (bicyclic) bond motifs is 2. The van der Waals surface area contributed by atoms with Crippen molar-refractivity contribution in [3.63, 3.8) is 0 Å². The number of carbonyl (C=O) groups is 1. The van der Waals surface area contributed by atoms with Crippen molar-refractivity contribution in [1.82, 2.24) is 30.2 Å². The second-order valence-corrected chi connectivity index (χ2v) is 16.9. The molecule has 0 radical (unpaired) electrons. The summed E-state index contributed by atoms with van der Waals surface area (Å²) in [7, 11) is 0. The van der Waals surface area contributed by atoms with E-state index in [-0.39, 0.29) is 30.0 Å². The molecule has 2 amide bonds. The number of urea groups is 1. The van der Waals surface area contributed by atoms with E-state index in [9.17, 15) is 10.2 Å². The summed E-state index contributed by atoms with van der Waals surface area (Å²) >= 11 is 0. The van der Waals surface area contributed by atoms with Gasteiger partial charge < -0.3 is 31.5 Å².